The topological polar surface area (TPSA) is 59.4 Å². The van der Waals surface area contributed by atoms with Crippen molar-refractivity contribution in [2.45, 2.75) is 6.54 Å². The van der Waals surface area contributed by atoms with Crippen molar-refractivity contribution in [2.24, 2.45) is 0 Å². The first-order valence-electron chi connectivity index (χ1n) is 9.19. The minimum absolute atomic E-state index is 0.189. The number of nitrogens with one attached hydrogen (secondary N) is 1. The molecule has 2 aromatic carbocycles. The van der Waals surface area contributed by atoms with Gasteiger partial charge >= 0.3 is 0 Å². The second-order valence-corrected chi connectivity index (χ2v) is 7.00. The van der Waals surface area contributed by atoms with Crippen molar-refractivity contribution in [3.8, 4) is 0 Å². The number of halogens is 1. The number of morpholine rings is 1. The second kappa shape index (κ2) is 8.46. The number of amides is 1. The van der Waals surface area contributed by atoms with Crippen LogP contribution in [-0.2, 0) is 11.3 Å². The third-order valence-corrected chi connectivity index (χ3v) is 5.06. The van der Waals surface area contributed by atoms with Crippen LogP contribution < -0.4 is 10.2 Å². The fourth-order valence-electron chi connectivity index (χ4n) is 3.22. The van der Waals surface area contributed by atoms with Gasteiger partial charge in [0.05, 0.1) is 42.9 Å². The van der Waals surface area contributed by atoms with Crippen LogP contribution in [0.5, 0.6) is 0 Å². The Morgan fingerprint density at radius 1 is 1.11 bits per heavy atom. The zero-order chi connectivity index (χ0) is 19.3. The van der Waals surface area contributed by atoms with Gasteiger partial charge in [-0.3, -0.25) is 9.48 Å². The Kier molecular flexibility index (Phi) is 5.60. The lowest BCUT2D eigenvalue weighted by atomic mass is 10.2. The number of rotatable bonds is 5. The highest BCUT2D eigenvalue weighted by molar-refractivity contribution is 6.31. The van der Waals surface area contributed by atoms with Gasteiger partial charge in [0.2, 0.25) is 0 Å². The first-order chi connectivity index (χ1) is 13.7. The van der Waals surface area contributed by atoms with Crippen molar-refractivity contribution in [1.29, 1.82) is 0 Å². The van der Waals surface area contributed by atoms with Crippen molar-refractivity contribution in [1.82, 2.24) is 9.78 Å². The van der Waals surface area contributed by atoms with Crippen LogP contribution in [0.4, 0.5) is 11.4 Å². The van der Waals surface area contributed by atoms with E-state index in [1.54, 1.807) is 17.1 Å². The fourth-order valence-corrected chi connectivity index (χ4v) is 3.42. The van der Waals surface area contributed by atoms with Crippen LogP contribution in [0.3, 0.4) is 0 Å². The molecule has 3 aromatic rings. The Labute approximate surface area is 168 Å². The summed E-state index contributed by atoms with van der Waals surface area (Å²) in [5, 5.41) is 7.99. The largest absolute Gasteiger partial charge is 0.378 e. The van der Waals surface area contributed by atoms with E-state index in [4.69, 9.17) is 16.3 Å². The fraction of sp³-hybridized carbons (Fsp3) is 0.238. The molecule has 0 unspecified atom stereocenters. The third kappa shape index (κ3) is 4.18. The SMILES string of the molecule is O=C(Nc1ccccc1N1CCOCC1)c1cnn(Cc2ccccc2Cl)c1. The number of ether oxygens (including phenoxy) is 1. The maximum atomic E-state index is 12.7. The van der Waals surface area contributed by atoms with Gasteiger partial charge in [-0.15, -0.1) is 0 Å². The molecule has 0 saturated carbocycles. The van der Waals surface area contributed by atoms with E-state index in [0.29, 0.717) is 30.3 Å². The molecule has 1 N–H and O–H groups in total. The zero-order valence-corrected chi connectivity index (χ0v) is 16.1. The normalized spacial score (nSPS) is 14.1. The standard InChI is InChI=1S/C21H21ClN4O2/c22-18-6-2-1-5-16(18)14-26-15-17(13-23-26)21(27)24-19-7-3-4-8-20(19)25-9-11-28-12-10-25/h1-8,13,15H,9-12,14H2,(H,24,27). The molecule has 1 aliphatic heterocycles. The van der Waals surface area contributed by atoms with E-state index in [0.717, 1.165) is 30.0 Å². The molecule has 1 amide bonds. The maximum Gasteiger partial charge on any atom is 0.258 e. The third-order valence-electron chi connectivity index (χ3n) is 4.69. The number of nitrogens with zero attached hydrogens (tertiary/aromatic N) is 3. The highest BCUT2D eigenvalue weighted by Gasteiger charge is 2.17. The van der Waals surface area contributed by atoms with Gasteiger partial charge in [-0.25, -0.2) is 0 Å². The molecule has 1 aliphatic rings. The lowest BCUT2D eigenvalue weighted by molar-refractivity contribution is 0.102. The van der Waals surface area contributed by atoms with Gasteiger partial charge in [-0.2, -0.15) is 5.10 Å². The average molecular weight is 397 g/mol. The first kappa shape index (κ1) is 18.5. The Morgan fingerprint density at radius 3 is 2.68 bits per heavy atom. The number of aromatic nitrogens is 2. The van der Waals surface area contributed by atoms with E-state index < -0.39 is 0 Å². The van der Waals surface area contributed by atoms with Crippen molar-refractivity contribution in [3.05, 3.63) is 77.1 Å². The number of hydrogen-bond acceptors (Lipinski definition) is 4. The van der Waals surface area contributed by atoms with Crippen LogP contribution in [0.25, 0.3) is 0 Å². The summed E-state index contributed by atoms with van der Waals surface area (Å²) in [4.78, 5) is 15.0. The molecule has 0 radical (unpaired) electrons. The summed E-state index contributed by atoms with van der Waals surface area (Å²) in [6.07, 6.45) is 3.31. The summed E-state index contributed by atoms with van der Waals surface area (Å²) in [5.74, 6) is -0.189. The van der Waals surface area contributed by atoms with Gasteiger partial charge in [-0.05, 0) is 23.8 Å². The van der Waals surface area contributed by atoms with Gasteiger partial charge in [0, 0.05) is 24.3 Å². The number of para-hydroxylation sites is 2. The van der Waals surface area contributed by atoms with Gasteiger partial charge in [0.25, 0.3) is 5.91 Å². The summed E-state index contributed by atoms with van der Waals surface area (Å²) in [5.41, 5.74) is 3.25. The smallest absolute Gasteiger partial charge is 0.258 e. The van der Waals surface area contributed by atoms with Crippen LogP contribution in [0.15, 0.2) is 60.9 Å². The molecular weight excluding hydrogens is 376 g/mol. The molecule has 2 heterocycles. The number of carbonyl (C=O) groups is 1. The van der Waals surface area contributed by atoms with E-state index in [-0.39, 0.29) is 5.91 Å². The summed E-state index contributed by atoms with van der Waals surface area (Å²) < 4.78 is 7.13. The van der Waals surface area contributed by atoms with Gasteiger partial charge in [-0.1, -0.05) is 41.9 Å². The van der Waals surface area contributed by atoms with Gasteiger partial charge in [0.1, 0.15) is 0 Å². The summed E-state index contributed by atoms with van der Waals surface area (Å²) in [7, 11) is 0. The predicted octanol–water partition coefficient (Wildman–Crippen LogP) is 3.67. The molecule has 6 nitrogen and oxygen atoms in total. The minimum atomic E-state index is -0.189. The van der Waals surface area contributed by atoms with Crippen molar-refractivity contribution in [2.75, 3.05) is 36.5 Å². The summed E-state index contributed by atoms with van der Waals surface area (Å²) in [6.45, 7) is 3.51. The maximum absolute atomic E-state index is 12.7. The molecular formula is C21H21ClN4O2. The van der Waals surface area contributed by atoms with Crippen LogP contribution in [-0.4, -0.2) is 42.0 Å². The lowest BCUT2D eigenvalue weighted by Gasteiger charge is -2.30. The Morgan fingerprint density at radius 2 is 1.86 bits per heavy atom. The summed E-state index contributed by atoms with van der Waals surface area (Å²) >= 11 is 6.21. The molecule has 0 bridgehead atoms. The van der Waals surface area contributed by atoms with E-state index in [1.165, 1.54) is 0 Å². The van der Waals surface area contributed by atoms with E-state index in [9.17, 15) is 4.79 Å². The molecule has 7 heteroatoms. The lowest BCUT2D eigenvalue weighted by Crippen LogP contribution is -2.36. The molecule has 0 aliphatic carbocycles. The molecule has 0 spiro atoms. The second-order valence-electron chi connectivity index (χ2n) is 6.59. The van der Waals surface area contributed by atoms with E-state index in [2.05, 4.69) is 15.3 Å². The van der Waals surface area contributed by atoms with Crippen LogP contribution in [0, 0.1) is 0 Å². The average Bonchev–Trinajstić information content (AvgIpc) is 3.20. The minimum Gasteiger partial charge on any atom is -0.378 e. The molecule has 1 fully saturated rings. The Bertz CT molecular complexity index is 966. The Hall–Kier alpha value is -2.83. The highest BCUT2D eigenvalue weighted by Crippen LogP contribution is 2.27. The Balaban J connectivity index is 1.48. The molecule has 4 rings (SSSR count). The highest BCUT2D eigenvalue weighted by atomic mass is 35.5. The van der Waals surface area contributed by atoms with Crippen molar-refractivity contribution >= 4 is 28.9 Å². The van der Waals surface area contributed by atoms with Crippen LogP contribution in [0.1, 0.15) is 15.9 Å². The van der Waals surface area contributed by atoms with E-state index >= 15 is 0 Å². The number of hydrogen-bond donors (Lipinski definition) is 1. The zero-order valence-electron chi connectivity index (χ0n) is 15.3. The predicted molar refractivity (Wildman–Crippen MR) is 110 cm³/mol. The molecule has 28 heavy (non-hydrogen) atoms. The first-order valence-corrected chi connectivity index (χ1v) is 9.57. The molecule has 144 valence electrons. The summed E-state index contributed by atoms with van der Waals surface area (Å²) in [6, 6.07) is 15.4. The monoisotopic (exact) mass is 396 g/mol. The van der Waals surface area contributed by atoms with Gasteiger partial charge in [0.15, 0.2) is 0 Å². The number of anilines is 2. The quantitative estimate of drug-likeness (QED) is 0.714. The van der Waals surface area contributed by atoms with Crippen LogP contribution >= 0.6 is 11.6 Å². The molecule has 1 saturated heterocycles. The van der Waals surface area contributed by atoms with Crippen molar-refractivity contribution < 1.29 is 9.53 Å². The van der Waals surface area contributed by atoms with Gasteiger partial charge < -0.3 is 15.0 Å². The number of carbonyl (C=O) groups excluding carboxylic acids is 1. The molecule has 0 atom stereocenters. The van der Waals surface area contributed by atoms with Crippen LogP contribution in [0.2, 0.25) is 5.02 Å². The number of benzene rings is 2. The van der Waals surface area contributed by atoms with Crippen molar-refractivity contribution in [3.63, 3.8) is 0 Å². The van der Waals surface area contributed by atoms with E-state index in [1.807, 2.05) is 48.5 Å². The molecule has 1 aromatic heterocycles.